The maximum Gasteiger partial charge on any atom is 0.307 e. The number of ether oxygens (including phenoxy) is 1. The first-order valence-corrected chi connectivity index (χ1v) is 6.56. The molecule has 0 aliphatic rings. The molecule has 0 fully saturated rings. The quantitative estimate of drug-likeness (QED) is 0.617. The van der Waals surface area contributed by atoms with E-state index >= 15 is 0 Å². The van der Waals surface area contributed by atoms with E-state index in [0.29, 0.717) is 17.1 Å². The first-order chi connectivity index (χ1) is 9.08. The van der Waals surface area contributed by atoms with E-state index in [1.165, 1.54) is 7.11 Å². The molecule has 19 heavy (non-hydrogen) atoms. The number of halogens is 1. The van der Waals surface area contributed by atoms with Crippen molar-refractivity contribution in [1.82, 2.24) is 5.32 Å². The van der Waals surface area contributed by atoms with Gasteiger partial charge >= 0.3 is 5.97 Å². The maximum atomic E-state index is 12.3. The van der Waals surface area contributed by atoms with Gasteiger partial charge < -0.3 is 10.1 Å². The summed E-state index contributed by atoms with van der Waals surface area (Å²) in [7, 11) is 1.31. The van der Waals surface area contributed by atoms with Gasteiger partial charge in [0, 0.05) is 10.6 Å². The lowest BCUT2D eigenvalue weighted by Gasteiger charge is -2.16. The fourth-order valence-electron chi connectivity index (χ4n) is 1.64. The maximum absolute atomic E-state index is 12.3. The highest BCUT2D eigenvalue weighted by molar-refractivity contribution is 6.30. The number of benzene rings is 1. The van der Waals surface area contributed by atoms with Gasteiger partial charge in [0.15, 0.2) is 5.78 Å². The van der Waals surface area contributed by atoms with Crippen molar-refractivity contribution in [1.29, 1.82) is 0 Å². The van der Waals surface area contributed by atoms with Gasteiger partial charge in [-0.05, 0) is 37.2 Å². The predicted molar refractivity (Wildman–Crippen MR) is 74.5 cm³/mol. The van der Waals surface area contributed by atoms with Crippen LogP contribution in [0.25, 0.3) is 0 Å². The van der Waals surface area contributed by atoms with Gasteiger partial charge in [0.05, 0.1) is 19.6 Å². The molecule has 5 heteroatoms. The number of Topliss-reactive ketones (excluding diaryl/α,β-unsaturated/α-hetero) is 1. The molecule has 0 aromatic heterocycles. The highest BCUT2D eigenvalue weighted by atomic mass is 35.5. The number of hydrogen-bond donors (Lipinski definition) is 1. The van der Waals surface area contributed by atoms with Gasteiger partial charge in [-0.15, -0.1) is 0 Å². The van der Waals surface area contributed by atoms with E-state index in [0.717, 1.165) is 6.42 Å². The summed E-state index contributed by atoms with van der Waals surface area (Å²) in [5, 5.41) is 3.64. The number of carbonyl (C=O) groups excluding carboxylic acids is 2. The summed E-state index contributed by atoms with van der Waals surface area (Å²) in [6.45, 7) is 2.66. The number of hydrogen-bond acceptors (Lipinski definition) is 4. The van der Waals surface area contributed by atoms with E-state index in [1.807, 2.05) is 6.92 Å². The van der Waals surface area contributed by atoms with Gasteiger partial charge in [0.1, 0.15) is 0 Å². The van der Waals surface area contributed by atoms with Crippen molar-refractivity contribution in [3.05, 3.63) is 34.9 Å². The van der Waals surface area contributed by atoms with Gasteiger partial charge in [-0.3, -0.25) is 9.59 Å². The predicted octanol–water partition coefficient (Wildman–Crippen LogP) is 2.45. The van der Waals surface area contributed by atoms with Crippen LogP contribution in [0.3, 0.4) is 0 Å². The SMILES string of the molecule is CCCNC(CC(=O)OC)C(=O)c1ccc(Cl)cc1. The van der Waals surface area contributed by atoms with Crippen molar-refractivity contribution in [2.75, 3.05) is 13.7 Å². The fraction of sp³-hybridized carbons (Fsp3) is 0.429. The van der Waals surface area contributed by atoms with E-state index in [4.69, 9.17) is 11.6 Å². The molecule has 4 nitrogen and oxygen atoms in total. The Balaban J connectivity index is 2.80. The van der Waals surface area contributed by atoms with E-state index in [9.17, 15) is 9.59 Å². The van der Waals surface area contributed by atoms with Crippen LogP contribution in [0, 0.1) is 0 Å². The number of esters is 1. The van der Waals surface area contributed by atoms with E-state index < -0.39 is 12.0 Å². The second-order valence-electron chi connectivity index (χ2n) is 4.16. The molecule has 1 unspecified atom stereocenters. The van der Waals surface area contributed by atoms with Crippen molar-refractivity contribution >= 4 is 23.4 Å². The summed E-state index contributed by atoms with van der Waals surface area (Å²) in [5.74, 6) is -0.536. The zero-order chi connectivity index (χ0) is 14.3. The minimum absolute atomic E-state index is 0.0258. The molecule has 0 spiro atoms. The van der Waals surface area contributed by atoms with E-state index in [1.54, 1.807) is 24.3 Å². The Morgan fingerprint density at radius 1 is 1.32 bits per heavy atom. The molecule has 0 aliphatic heterocycles. The third-order valence-electron chi connectivity index (χ3n) is 2.68. The Hall–Kier alpha value is -1.39. The Kier molecular flexibility index (Phi) is 6.53. The minimum atomic E-state index is -0.562. The lowest BCUT2D eigenvalue weighted by molar-refractivity contribution is -0.140. The van der Waals surface area contributed by atoms with Crippen LogP contribution in [-0.4, -0.2) is 31.4 Å². The molecule has 0 saturated heterocycles. The van der Waals surface area contributed by atoms with Crippen LogP contribution in [0.5, 0.6) is 0 Å². The van der Waals surface area contributed by atoms with Crippen LogP contribution < -0.4 is 5.32 Å². The van der Waals surface area contributed by atoms with Crippen LogP contribution in [0.15, 0.2) is 24.3 Å². The van der Waals surface area contributed by atoms with Gasteiger partial charge in [0.25, 0.3) is 0 Å². The van der Waals surface area contributed by atoms with Crippen molar-refractivity contribution in [2.24, 2.45) is 0 Å². The molecule has 0 bridgehead atoms. The van der Waals surface area contributed by atoms with Gasteiger partial charge in [-0.1, -0.05) is 18.5 Å². The fourth-order valence-corrected chi connectivity index (χ4v) is 1.77. The molecule has 0 radical (unpaired) electrons. The average Bonchev–Trinajstić information content (AvgIpc) is 2.43. The van der Waals surface area contributed by atoms with Gasteiger partial charge in [0.2, 0.25) is 0 Å². The smallest absolute Gasteiger partial charge is 0.307 e. The number of methoxy groups -OCH3 is 1. The van der Waals surface area contributed by atoms with Crippen LogP contribution in [0.2, 0.25) is 5.02 Å². The first-order valence-electron chi connectivity index (χ1n) is 6.18. The van der Waals surface area contributed by atoms with Crippen LogP contribution in [0.4, 0.5) is 0 Å². The average molecular weight is 284 g/mol. The topological polar surface area (TPSA) is 55.4 Å². The summed E-state index contributed by atoms with van der Waals surface area (Å²) in [4.78, 5) is 23.6. The molecule has 0 aliphatic carbocycles. The highest BCUT2D eigenvalue weighted by Crippen LogP contribution is 2.12. The zero-order valence-electron chi connectivity index (χ0n) is 11.1. The summed E-state index contributed by atoms with van der Waals surface area (Å²) in [6, 6.07) is 6.06. The van der Waals surface area contributed by atoms with Crippen molar-refractivity contribution < 1.29 is 14.3 Å². The Morgan fingerprint density at radius 3 is 2.47 bits per heavy atom. The lowest BCUT2D eigenvalue weighted by Crippen LogP contribution is -2.39. The molecule has 1 N–H and O–H groups in total. The summed E-state index contributed by atoms with van der Waals surface area (Å²) < 4.78 is 4.61. The third kappa shape index (κ3) is 5.01. The Labute approximate surface area is 118 Å². The lowest BCUT2D eigenvalue weighted by atomic mass is 10.0. The highest BCUT2D eigenvalue weighted by Gasteiger charge is 2.22. The van der Waals surface area contributed by atoms with Crippen molar-refractivity contribution in [3.8, 4) is 0 Å². The molecular weight excluding hydrogens is 266 g/mol. The molecule has 1 atom stereocenters. The van der Waals surface area contributed by atoms with Crippen LogP contribution in [0.1, 0.15) is 30.1 Å². The normalized spacial score (nSPS) is 11.9. The van der Waals surface area contributed by atoms with Gasteiger partial charge in [-0.25, -0.2) is 0 Å². The Bertz CT molecular complexity index is 431. The number of nitrogens with one attached hydrogen (secondary N) is 1. The molecule has 0 heterocycles. The monoisotopic (exact) mass is 283 g/mol. The summed E-state index contributed by atoms with van der Waals surface area (Å²) in [5.41, 5.74) is 0.530. The molecule has 104 valence electrons. The molecule has 0 saturated carbocycles. The molecular formula is C14H18ClNO3. The second-order valence-corrected chi connectivity index (χ2v) is 4.59. The number of ketones is 1. The number of carbonyl (C=O) groups is 2. The van der Waals surface area contributed by atoms with Crippen LogP contribution in [-0.2, 0) is 9.53 Å². The largest absolute Gasteiger partial charge is 0.469 e. The molecule has 1 aromatic carbocycles. The minimum Gasteiger partial charge on any atom is -0.469 e. The van der Waals surface area contributed by atoms with Gasteiger partial charge in [-0.2, -0.15) is 0 Å². The second kappa shape index (κ2) is 7.92. The molecule has 1 rings (SSSR count). The molecule has 1 aromatic rings. The summed E-state index contributed by atoms with van der Waals surface area (Å²) >= 11 is 5.79. The number of rotatable bonds is 7. The summed E-state index contributed by atoms with van der Waals surface area (Å²) in [6.07, 6.45) is 0.906. The first kappa shape index (κ1) is 15.7. The van der Waals surface area contributed by atoms with Crippen LogP contribution >= 0.6 is 11.6 Å². The van der Waals surface area contributed by atoms with E-state index in [2.05, 4.69) is 10.1 Å². The van der Waals surface area contributed by atoms with Crippen molar-refractivity contribution in [2.45, 2.75) is 25.8 Å². The zero-order valence-corrected chi connectivity index (χ0v) is 11.9. The van der Waals surface area contributed by atoms with Crippen molar-refractivity contribution in [3.63, 3.8) is 0 Å². The standard InChI is InChI=1S/C14H18ClNO3/c1-3-8-16-12(9-13(17)19-2)14(18)10-4-6-11(15)7-5-10/h4-7,12,16H,3,8-9H2,1-2H3. The Morgan fingerprint density at radius 2 is 1.95 bits per heavy atom. The van der Waals surface area contributed by atoms with E-state index in [-0.39, 0.29) is 12.2 Å². The third-order valence-corrected chi connectivity index (χ3v) is 2.94. The molecule has 0 amide bonds.